The minimum Gasteiger partial charge on any atom is -0.301 e. The molecule has 3 rings (SSSR count). The van der Waals surface area contributed by atoms with Gasteiger partial charge in [0, 0.05) is 5.75 Å². The van der Waals surface area contributed by atoms with Gasteiger partial charge in [0.1, 0.15) is 0 Å². The van der Waals surface area contributed by atoms with E-state index >= 15 is 0 Å². The normalized spacial score (nSPS) is 10.8. The fourth-order valence-corrected chi connectivity index (χ4v) is 2.90. The molecule has 0 aliphatic rings. The highest BCUT2D eigenvalue weighted by molar-refractivity contribution is 7.99. The standard InChI is InChI=1S/C16H14N2OS/c19-15-13-8-4-5-9-14(13)17-16(18-15)20-11-10-12-6-2-1-3-7-12/h1-9H,10-11H2,(H,17,18,19). The molecule has 3 aromatic rings. The Kier molecular flexibility index (Phi) is 3.83. The summed E-state index contributed by atoms with van der Waals surface area (Å²) in [5, 5.41) is 1.32. The Balaban J connectivity index is 1.73. The van der Waals surface area contributed by atoms with Gasteiger partial charge in [0.05, 0.1) is 10.9 Å². The molecule has 2 aromatic carbocycles. The molecule has 0 aliphatic heterocycles. The van der Waals surface area contributed by atoms with Crippen molar-refractivity contribution in [1.82, 2.24) is 9.97 Å². The molecule has 0 fully saturated rings. The minimum atomic E-state index is -0.0715. The van der Waals surface area contributed by atoms with Crippen molar-refractivity contribution >= 4 is 22.7 Å². The van der Waals surface area contributed by atoms with Gasteiger partial charge in [-0.3, -0.25) is 4.79 Å². The monoisotopic (exact) mass is 282 g/mol. The second kappa shape index (κ2) is 5.92. The molecule has 0 bridgehead atoms. The average molecular weight is 282 g/mol. The molecule has 1 N–H and O–H groups in total. The number of aryl methyl sites for hydroxylation is 1. The maximum atomic E-state index is 11.9. The largest absolute Gasteiger partial charge is 0.301 e. The fraction of sp³-hybridized carbons (Fsp3) is 0.125. The average Bonchev–Trinajstić information content (AvgIpc) is 2.48. The van der Waals surface area contributed by atoms with Crippen LogP contribution in [0.15, 0.2) is 64.5 Å². The lowest BCUT2D eigenvalue weighted by Crippen LogP contribution is -2.09. The van der Waals surface area contributed by atoms with E-state index in [1.807, 2.05) is 36.4 Å². The van der Waals surface area contributed by atoms with E-state index in [4.69, 9.17) is 0 Å². The van der Waals surface area contributed by atoms with E-state index in [9.17, 15) is 4.79 Å². The number of aromatic amines is 1. The first-order valence-electron chi connectivity index (χ1n) is 6.49. The molecule has 0 unspecified atom stereocenters. The van der Waals surface area contributed by atoms with Crippen LogP contribution in [0.3, 0.4) is 0 Å². The Morgan fingerprint density at radius 1 is 1.00 bits per heavy atom. The van der Waals surface area contributed by atoms with Crippen LogP contribution in [0.2, 0.25) is 0 Å². The van der Waals surface area contributed by atoms with Crippen LogP contribution in [-0.2, 0) is 6.42 Å². The van der Waals surface area contributed by atoms with Crippen LogP contribution in [0.1, 0.15) is 5.56 Å². The summed E-state index contributed by atoms with van der Waals surface area (Å²) in [6.45, 7) is 0. The number of nitrogens with one attached hydrogen (secondary N) is 1. The van der Waals surface area contributed by atoms with E-state index in [0.29, 0.717) is 10.5 Å². The summed E-state index contributed by atoms with van der Waals surface area (Å²) >= 11 is 1.58. The van der Waals surface area contributed by atoms with E-state index in [0.717, 1.165) is 17.7 Å². The number of rotatable bonds is 4. The van der Waals surface area contributed by atoms with Crippen molar-refractivity contribution in [1.29, 1.82) is 0 Å². The molecule has 1 heterocycles. The van der Waals surface area contributed by atoms with Crippen molar-refractivity contribution in [2.24, 2.45) is 0 Å². The van der Waals surface area contributed by atoms with Gasteiger partial charge in [-0.1, -0.05) is 54.2 Å². The van der Waals surface area contributed by atoms with Crippen LogP contribution in [0, 0.1) is 0 Å². The SMILES string of the molecule is O=c1[nH]c(SCCc2ccccc2)nc2ccccc12. The van der Waals surface area contributed by atoms with Crippen molar-refractivity contribution in [2.45, 2.75) is 11.6 Å². The first-order chi connectivity index (χ1) is 9.83. The highest BCUT2D eigenvalue weighted by atomic mass is 32.2. The molecule has 0 amide bonds. The van der Waals surface area contributed by atoms with Crippen molar-refractivity contribution in [3.05, 3.63) is 70.5 Å². The second-order valence-corrected chi connectivity index (χ2v) is 5.56. The number of hydrogen-bond donors (Lipinski definition) is 1. The lowest BCUT2D eigenvalue weighted by Gasteiger charge is -2.03. The number of benzene rings is 2. The van der Waals surface area contributed by atoms with Crippen LogP contribution in [0.4, 0.5) is 0 Å². The van der Waals surface area contributed by atoms with Gasteiger partial charge in [0.15, 0.2) is 5.16 Å². The molecule has 0 atom stereocenters. The Morgan fingerprint density at radius 2 is 1.75 bits per heavy atom. The molecule has 1 aromatic heterocycles. The van der Waals surface area contributed by atoms with Gasteiger partial charge in [-0.25, -0.2) is 4.98 Å². The van der Waals surface area contributed by atoms with E-state index in [1.165, 1.54) is 5.56 Å². The zero-order valence-electron chi connectivity index (χ0n) is 10.9. The number of H-pyrrole nitrogens is 1. The first kappa shape index (κ1) is 12.9. The van der Waals surface area contributed by atoms with Gasteiger partial charge in [-0.15, -0.1) is 0 Å². The summed E-state index contributed by atoms with van der Waals surface area (Å²) < 4.78 is 0. The quantitative estimate of drug-likeness (QED) is 0.590. The predicted octanol–water partition coefficient (Wildman–Crippen LogP) is 3.26. The summed E-state index contributed by atoms with van der Waals surface area (Å²) in [6, 6.07) is 17.7. The number of nitrogens with zero attached hydrogens (tertiary/aromatic N) is 1. The smallest absolute Gasteiger partial charge is 0.259 e. The lowest BCUT2D eigenvalue weighted by molar-refractivity contribution is 0.971. The summed E-state index contributed by atoms with van der Waals surface area (Å²) in [5.41, 5.74) is 1.97. The summed E-state index contributed by atoms with van der Waals surface area (Å²) in [4.78, 5) is 19.2. The maximum Gasteiger partial charge on any atom is 0.259 e. The lowest BCUT2D eigenvalue weighted by atomic mass is 10.2. The van der Waals surface area contributed by atoms with Crippen LogP contribution >= 0.6 is 11.8 Å². The predicted molar refractivity (Wildman–Crippen MR) is 83.2 cm³/mol. The zero-order valence-corrected chi connectivity index (χ0v) is 11.7. The van der Waals surface area contributed by atoms with E-state index in [1.54, 1.807) is 17.8 Å². The maximum absolute atomic E-state index is 11.9. The third kappa shape index (κ3) is 2.91. The summed E-state index contributed by atoms with van der Waals surface area (Å²) in [6.07, 6.45) is 0.960. The number of hydrogen-bond acceptors (Lipinski definition) is 3. The van der Waals surface area contributed by atoms with Gasteiger partial charge in [0.2, 0.25) is 0 Å². The van der Waals surface area contributed by atoms with Gasteiger partial charge in [-0.05, 0) is 24.1 Å². The van der Waals surface area contributed by atoms with Crippen molar-refractivity contribution < 1.29 is 0 Å². The Labute approximate surface area is 121 Å². The molecule has 4 heteroatoms. The number of para-hydroxylation sites is 1. The molecule has 20 heavy (non-hydrogen) atoms. The van der Waals surface area contributed by atoms with E-state index < -0.39 is 0 Å². The minimum absolute atomic E-state index is 0.0715. The second-order valence-electron chi connectivity index (χ2n) is 4.47. The van der Waals surface area contributed by atoms with Crippen LogP contribution in [0.25, 0.3) is 10.9 Å². The molecule has 100 valence electrons. The Bertz CT molecular complexity index is 768. The highest BCUT2D eigenvalue weighted by Gasteiger charge is 2.03. The number of aromatic nitrogens is 2. The van der Waals surface area contributed by atoms with Gasteiger partial charge in [-0.2, -0.15) is 0 Å². The Morgan fingerprint density at radius 3 is 2.60 bits per heavy atom. The molecule has 0 radical (unpaired) electrons. The molecule has 0 saturated carbocycles. The van der Waals surface area contributed by atoms with E-state index in [2.05, 4.69) is 22.1 Å². The molecule has 0 saturated heterocycles. The van der Waals surface area contributed by atoms with Crippen molar-refractivity contribution in [3.8, 4) is 0 Å². The Hall–Kier alpha value is -2.07. The molecule has 0 aliphatic carbocycles. The van der Waals surface area contributed by atoms with Crippen molar-refractivity contribution in [2.75, 3.05) is 5.75 Å². The van der Waals surface area contributed by atoms with Crippen LogP contribution in [0.5, 0.6) is 0 Å². The molecule has 0 spiro atoms. The van der Waals surface area contributed by atoms with Gasteiger partial charge >= 0.3 is 0 Å². The number of fused-ring (bicyclic) bond motifs is 1. The van der Waals surface area contributed by atoms with Gasteiger partial charge < -0.3 is 4.98 Å². The summed E-state index contributed by atoms with van der Waals surface area (Å²) in [7, 11) is 0. The topological polar surface area (TPSA) is 45.8 Å². The van der Waals surface area contributed by atoms with Crippen molar-refractivity contribution in [3.63, 3.8) is 0 Å². The molecular formula is C16H14N2OS. The fourth-order valence-electron chi connectivity index (χ4n) is 2.04. The third-order valence-corrected chi connectivity index (χ3v) is 3.94. The van der Waals surface area contributed by atoms with Crippen LogP contribution in [-0.4, -0.2) is 15.7 Å². The van der Waals surface area contributed by atoms with Crippen LogP contribution < -0.4 is 5.56 Å². The molecular weight excluding hydrogens is 268 g/mol. The molecule has 3 nitrogen and oxygen atoms in total. The third-order valence-electron chi connectivity index (χ3n) is 3.06. The first-order valence-corrected chi connectivity index (χ1v) is 7.47. The van der Waals surface area contributed by atoms with Gasteiger partial charge in [0.25, 0.3) is 5.56 Å². The number of thioether (sulfide) groups is 1. The zero-order chi connectivity index (χ0) is 13.8. The highest BCUT2D eigenvalue weighted by Crippen LogP contribution is 2.16. The summed E-state index contributed by atoms with van der Waals surface area (Å²) in [5.74, 6) is 0.894. The van der Waals surface area contributed by atoms with E-state index in [-0.39, 0.29) is 5.56 Å².